The van der Waals surface area contributed by atoms with Crippen LogP contribution in [0.4, 0.5) is 4.39 Å². The highest BCUT2D eigenvalue weighted by atomic mass is 19.1. The van der Waals surface area contributed by atoms with E-state index in [0.717, 1.165) is 43.9 Å². The van der Waals surface area contributed by atoms with E-state index in [0.29, 0.717) is 12.8 Å². The van der Waals surface area contributed by atoms with Crippen molar-refractivity contribution >= 4 is 11.9 Å². The molecule has 6 heteroatoms. The van der Waals surface area contributed by atoms with Crippen LogP contribution in [0.2, 0.25) is 0 Å². The minimum Gasteiger partial charge on any atom is -0.507 e. The van der Waals surface area contributed by atoms with Crippen LogP contribution in [0.15, 0.2) is 18.2 Å². The van der Waals surface area contributed by atoms with Gasteiger partial charge in [-0.1, -0.05) is 25.7 Å². The Kier molecular flexibility index (Phi) is 4.45. The van der Waals surface area contributed by atoms with Crippen LogP contribution in [0.3, 0.4) is 0 Å². The highest BCUT2D eigenvalue weighted by Crippen LogP contribution is 2.28. The van der Waals surface area contributed by atoms with Gasteiger partial charge in [-0.15, -0.1) is 0 Å². The van der Waals surface area contributed by atoms with Gasteiger partial charge in [0.1, 0.15) is 17.1 Å². The van der Waals surface area contributed by atoms with Crippen LogP contribution in [0.5, 0.6) is 5.75 Å². The second kappa shape index (κ2) is 6.11. The molecule has 1 amide bonds. The number of carboxylic acid groups (broad SMARTS) is 1. The summed E-state index contributed by atoms with van der Waals surface area (Å²) in [6.07, 6.45) is 4.04. The number of aliphatic carboxylic acids is 1. The van der Waals surface area contributed by atoms with Gasteiger partial charge in [-0.3, -0.25) is 4.79 Å². The summed E-state index contributed by atoms with van der Waals surface area (Å²) < 4.78 is 12.9. The van der Waals surface area contributed by atoms with Gasteiger partial charge in [0.2, 0.25) is 0 Å². The van der Waals surface area contributed by atoms with Gasteiger partial charge < -0.3 is 15.5 Å². The van der Waals surface area contributed by atoms with Gasteiger partial charge in [0.15, 0.2) is 0 Å². The number of hydrogen-bond acceptors (Lipinski definition) is 3. The molecule has 0 radical (unpaired) electrons. The van der Waals surface area contributed by atoms with E-state index in [1.54, 1.807) is 0 Å². The zero-order valence-corrected chi connectivity index (χ0v) is 11.6. The van der Waals surface area contributed by atoms with E-state index in [1.165, 1.54) is 0 Å². The Balaban J connectivity index is 2.24. The van der Waals surface area contributed by atoms with Crippen LogP contribution in [0, 0.1) is 5.82 Å². The maximum atomic E-state index is 12.9. The molecular weight excluding hydrogens is 277 g/mol. The summed E-state index contributed by atoms with van der Waals surface area (Å²) >= 11 is 0. The summed E-state index contributed by atoms with van der Waals surface area (Å²) in [5.41, 5.74) is -1.43. The fourth-order valence-corrected chi connectivity index (χ4v) is 2.71. The van der Waals surface area contributed by atoms with E-state index >= 15 is 0 Å². The Labute approximate surface area is 121 Å². The minimum absolute atomic E-state index is 0.124. The number of rotatable bonds is 3. The average molecular weight is 295 g/mol. The molecule has 0 heterocycles. The summed E-state index contributed by atoms with van der Waals surface area (Å²) in [5.74, 6) is -2.93. The highest BCUT2D eigenvalue weighted by Gasteiger charge is 2.40. The third-order valence-corrected chi connectivity index (χ3v) is 3.92. The summed E-state index contributed by atoms with van der Waals surface area (Å²) in [7, 11) is 0. The Hall–Kier alpha value is -2.11. The lowest BCUT2D eigenvalue weighted by molar-refractivity contribution is -0.145. The zero-order chi connectivity index (χ0) is 15.5. The van der Waals surface area contributed by atoms with Crippen molar-refractivity contribution < 1.29 is 24.2 Å². The predicted octanol–water partition coefficient (Wildman–Crippen LogP) is 2.44. The largest absolute Gasteiger partial charge is 0.507 e. The lowest BCUT2D eigenvalue weighted by atomic mass is 9.89. The van der Waals surface area contributed by atoms with Gasteiger partial charge >= 0.3 is 5.97 Å². The Morgan fingerprint density at radius 1 is 1.14 bits per heavy atom. The molecule has 2 rings (SSSR count). The van der Waals surface area contributed by atoms with Crippen molar-refractivity contribution in [1.29, 1.82) is 0 Å². The summed E-state index contributed by atoms with van der Waals surface area (Å²) in [6.45, 7) is 0. The lowest BCUT2D eigenvalue weighted by Gasteiger charge is -2.29. The fourth-order valence-electron chi connectivity index (χ4n) is 2.71. The van der Waals surface area contributed by atoms with Gasteiger partial charge in [-0.25, -0.2) is 9.18 Å². The van der Waals surface area contributed by atoms with Gasteiger partial charge in [0.25, 0.3) is 5.91 Å². The molecule has 3 N–H and O–H groups in total. The van der Waals surface area contributed by atoms with Crippen LogP contribution in [-0.4, -0.2) is 27.6 Å². The van der Waals surface area contributed by atoms with E-state index in [-0.39, 0.29) is 5.56 Å². The van der Waals surface area contributed by atoms with Crippen molar-refractivity contribution in [2.75, 3.05) is 0 Å². The van der Waals surface area contributed by atoms with Crippen LogP contribution < -0.4 is 5.32 Å². The molecular formula is C15H18FNO4. The van der Waals surface area contributed by atoms with Gasteiger partial charge in [-0.05, 0) is 25.0 Å². The monoisotopic (exact) mass is 295 g/mol. The first-order valence-corrected chi connectivity index (χ1v) is 6.99. The first-order chi connectivity index (χ1) is 9.94. The smallest absolute Gasteiger partial charge is 0.329 e. The molecule has 1 saturated carbocycles. The molecule has 0 saturated heterocycles. The normalized spacial score (nSPS) is 17.8. The second-order valence-corrected chi connectivity index (χ2v) is 5.42. The molecule has 0 aliphatic heterocycles. The second-order valence-electron chi connectivity index (χ2n) is 5.42. The van der Waals surface area contributed by atoms with E-state index in [1.807, 2.05) is 0 Å². The van der Waals surface area contributed by atoms with Crippen molar-refractivity contribution in [2.45, 2.75) is 44.1 Å². The van der Waals surface area contributed by atoms with Gasteiger partial charge in [-0.2, -0.15) is 0 Å². The number of halogens is 1. The SMILES string of the molecule is O=C(NC1(C(=O)O)CCCCCC1)c1ccc(F)cc1O. The number of aromatic hydroxyl groups is 1. The molecule has 0 aromatic heterocycles. The van der Waals surface area contributed by atoms with E-state index in [9.17, 15) is 24.2 Å². The number of phenols is 1. The molecule has 1 aromatic carbocycles. The molecule has 1 aliphatic rings. The first kappa shape index (κ1) is 15.3. The quantitative estimate of drug-likeness (QED) is 0.747. The average Bonchev–Trinajstić information content (AvgIpc) is 2.65. The molecule has 1 aliphatic carbocycles. The number of carbonyl (C=O) groups is 2. The molecule has 0 spiro atoms. The molecule has 21 heavy (non-hydrogen) atoms. The highest BCUT2D eigenvalue weighted by molar-refractivity contribution is 5.99. The lowest BCUT2D eigenvalue weighted by Crippen LogP contribution is -2.54. The number of carbonyl (C=O) groups excluding carboxylic acids is 1. The molecule has 0 bridgehead atoms. The molecule has 5 nitrogen and oxygen atoms in total. The fraction of sp³-hybridized carbons (Fsp3) is 0.467. The van der Waals surface area contributed by atoms with E-state index in [4.69, 9.17) is 0 Å². The summed E-state index contributed by atoms with van der Waals surface area (Å²) in [4.78, 5) is 23.8. The van der Waals surface area contributed by atoms with E-state index < -0.39 is 29.0 Å². The topological polar surface area (TPSA) is 86.6 Å². The molecule has 0 atom stereocenters. The number of carboxylic acids is 1. The Bertz CT molecular complexity index is 551. The standard InChI is InChI=1S/C15H18FNO4/c16-10-5-6-11(12(18)9-10)13(19)17-15(14(20)21)7-3-1-2-4-8-15/h5-6,9,18H,1-4,7-8H2,(H,17,19)(H,20,21). The first-order valence-electron chi connectivity index (χ1n) is 6.99. The minimum atomic E-state index is -1.31. The summed E-state index contributed by atoms with van der Waals surface area (Å²) in [6, 6.07) is 3.02. The van der Waals surface area contributed by atoms with Crippen molar-refractivity contribution in [1.82, 2.24) is 5.32 Å². The van der Waals surface area contributed by atoms with Gasteiger partial charge in [0.05, 0.1) is 5.56 Å². The zero-order valence-electron chi connectivity index (χ0n) is 11.6. The number of nitrogens with one attached hydrogen (secondary N) is 1. The number of hydrogen-bond donors (Lipinski definition) is 3. The van der Waals surface area contributed by atoms with Crippen LogP contribution in [0.1, 0.15) is 48.9 Å². The predicted molar refractivity (Wildman–Crippen MR) is 73.6 cm³/mol. The maximum Gasteiger partial charge on any atom is 0.329 e. The molecule has 1 aromatic rings. The third-order valence-electron chi connectivity index (χ3n) is 3.92. The van der Waals surface area contributed by atoms with Crippen molar-refractivity contribution in [3.8, 4) is 5.75 Å². The maximum absolute atomic E-state index is 12.9. The number of amides is 1. The molecule has 114 valence electrons. The van der Waals surface area contributed by atoms with Crippen molar-refractivity contribution in [2.24, 2.45) is 0 Å². The van der Waals surface area contributed by atoms with E-state index in [2.05, 4.69) is 5.32 Å². The Morgan fingerprint density at radius 2 is 1.76 bits per heavy atom. The summed E-state index contributed by atoms with van der Waals surface area (Å²) in [5, 5.41) is 21.6. The molecule has 1 fully saturated rings. The number of phenolic OH excluding ortho intramolecular Hbond substituents is 1. The Morgan fingerprint density at radius 3 is 2.29 bits per heavy atom. The van der Waals surface area contributed by atoms with Crippen molar-refractivity contribution in [3.05, 3.63) is 29.6 Å². The van der Waals surface area contributed by atoms with Crippen molar-refractivity contribution in [3.63, 3.8) is 0 Å². The van der Waals surface area contributed by atoms with Crippen LogP contribution >= 0.6 is 0 Å². The molecule has 0 unspecified atom stereocenters. The van der Waals surface area contributed by atoms with Crippen LogP contribution in [0.25, 0.3) is 0 Å². The van der Waals surface area contributed by atoms with Gasteiger partial charge in [0, 0.05) is 6.07 Å². The van der Waals surface area contributed by atoms with Crippen LogP contribution in [-0.2, 0) is 4.79 Å². The third kappa shape index (κ3) is 3.32. The number of benzene rings is 1.